The monoisotopic (exact) mass is 422 g/mol. The third-order valence-electron chi connectivity index (χ3n) is 4.84. The van der Waals surface area contributed by atoms with E-state index in [0.29, 0.717) is 5.69 Å². The summed E-state index contributed by atoms with van der Waals surface area (Å²) in [5.41, 5.74) is 4.46. The topological polar surface area (TPSA) is 75.3 Å². The van der Waals surface area contributed by atoms with Crippen molar-refractivity contribution in [2.75, 3.05) is 10.0 Å². The second-order valence-corrected chi connectivity index (χ2v) is 9.33. The fourth-order valence-electron chi connectivity index (χ4n) is 3.26. The SMILES string of the molecule is Cc1cccc(NS(=O)(=O)c2cccc(C(=O)Nc3c(C)cccc3C(C)C)c2)c1. The molecule has 0 unspecified atom stereocenters. The lowest BCUT2D eigenvalue weighted by atomic mass is 9.98. The molecule has 3 aromatic rings. The average molecular weight is 423 g/mol. The maximum absolute atomic E-state index is 12.9. The molecule has 3 rings (SSSR count). The number of carbonyl (C=O) groups is 1. The van der Waals surface area contributed by atoms with Crippen molar-refractivity contribution in [3.63, 3.8) is 0 Å². The van der Waals surface area contributed by atoms with Gasteiger partial charge in [-0.05, 0) is 66.8 Å². The van der Waals surface area contributed by atoms with Crippen molar-refractivity contribution >= 4 is 27.3 Å². The van der Waals surface area contributed by atoms with Crippen LogP contribution < -0.4 is 10.0 Å². The molecule has 0 saturated carbocycles. The number of para-hydroxylation sites is 1. The summed E-state index contributed by atoms with van der Waals surface area (Å²) in [5.74, 6) is -0.107. The first kappa shape index (κ1) is 21.6. The highest BCUT2D eigenvalue weighted by Gasteiger charge is 2.18. The summed E-state index contributed by atoms with van der Waals surface area (Å²) in [4.78, 5) is 12.9. The Morgan fingerprint density at radius 3 is 2.30 bits per heavy atom. The van der Waals surface area contributed by atoms with Crippen molar-refractivity contribution < 1.29 is 13.2 Å². The second-order valence-electron chi connectivity index (χ2n) is 7.65. The summed E-state index contributed by atoms with van der Waals surface area (Å²) in [6.07, 6.45) is 0. The van der Waals surface area contributed by atoms with E-state index in [1.54, 1.807) is 30.3 Å². The van der Waals surface area contributed by atoms with Crippen LogP contribution in [0.15, 0.2) is 71.6 Å². The van der Waals surface area contributed by atoms with Gasteiger partial charge in [0.2, 0.25) is 0 Å². The molecular formula is C24H26N2O3S. The lowest BCUT2D eigenvalue weighted by Gasteiger charge is -2.16. The summed E-state index contributed by atoms with van der Waals surface area (Å²) >= 11 is 0. The zero-order chi connectivity index (χ0) is 21.9. The first-order chi connectivity index (χ1) is 14.2. The number of carbonyl (C=O) groups excluding carboxylic acids is 1. The van der Waals surface area contributed by atoms with Crippen LogP contribution in [-0.2, 0) is 10.0 Å². The number of rotatable bonds is 6. The molecular weight excluding hydrogens is 396 g/mol. The Kier molecular flexibility index (Phi) is 6.27. The third kappa shape index (κ3) is 4.89. The van der Waals surface area contributed by atoms with Crippen molar-refractivity contribution in [1.29, 1.82) is 0 Å². The largest absolute Gasteiger partial charge is 0.321 e. The van der Waals surface area contributed by atoms with Crippen LogP contribution in [0, 0.1) is 13.8 Å². The Morgan fingerprint density at radius 2 is 1.60 bits per heavy atom. The van der Waals surface area contributed by atoms with E-state index in [9.17, 15) is 13.2 Å². The molecule has 3 aromatic carbocycles. The lowest BCUT2D eigenvalue weighted by molar-refractivity contribution is 0.102. The van der Waals surface area contributed by atoms with Crippen LogP contribution in [0.2, 0.25) is 0 Å². The van der Waals surface area contributed by atoms with Crippen molar-refractivity contribution in [3.05, 3.63) is 89.0 Å². The number of nitrogens with one attached hydrogen (secondary N) is 2. The summed E-state index contributed by atoms with van der Waals surface area (Å²) in [6.45, 7) is 7.96. The minimum atomic E-state index is -3.82. The Balaban J connectivity index is 1.88. The van der Waals surface area contributed by atoms with E-state index in [1.807, 2.05) is 38.1 Å². The van der Waals surface area contributed by atoms with Gasteiger partial charge in [-0.1, -0.05) is 50.2 Å². The van der Waals surface area contributed by atoms with Gasteiger partial charge in [0.05, 0.1) is 4.90 Å². The van der Waals surface area contributed by atoms with Crippen molar-refractivity contribution in [2.45, 2.75) is 38.5 Å². The maximum atomic E-state index is 12.9. The zero-order valence-corrected chi connectivity index (χ0v) is 18.4. The molecule has 6 heteroatoms. The van der Waals surface area contributed by atoms with Gasteiger partial charge in [0.25, 0.3) is 15.9 Å². The molecule has 0 aromatic heterocycles. The predicted molar refractivity (Wildman–Crippen MR) is 122 cm³/mol. The molecule has 0 heterocycles. The number of hydrogen-bond acceptors (Lipinski definition) is 3. The van der Waals surface area contributed by atoms with Crippen LogP contribution in [0.4, 0.5) is 11.4 Å². The van der Waals surface area contributed by atoms with Crippen molar-refractivity contribution in [1.82, 2.24) is 0 Å². The standard InChI is InChI=1S/C24H26N2O3S/c1-16(2)22-13-6-9-18(4)23(22)25-24(27)19-10-7-12-21(15-19)30(28,29)26-20-11-5-8-17(3)14-20/h5-16,26H,1-4H3,(H,25,27). The minimum absolute atomic E-state index is 0.0329. The van der Waals surface area contributed by atoms with E-state index in [1.165, 1.54) is 12.1 Å². The van der Waals surface area contributed by atoms with Crippen LogP contribution >= 0.6 is 0 Å². The lowest BCUT2D eigenvalue weighted by Crippen LogP contribution is -2.17. The Bertz CT molecular complexity index is 1180. The van der Waals surface area contributed by atoms with Gasteiger partial charge >= 0.3 is 0 Å². The van der Waals surface area contributed by atoms with Gasteiger partial charge in [-0.2, -0.15) is 0 Å². The minimum Gasteiger partial charge on any atom is -0.321 e. The van der Waals surface area contributed by atoms with Crippen LogP contribution in [0.25, 0.3) is 0 Å². The molecule has 1 amide bonds. The molecule has 0 fully saturated rings. The Labute approximate surface area is 178 Å². The molecule has 2 N–H and O–H groups in total. The van der Waals surface area contributed by atoms with Gasteiger partial charge in [0.15, 0.2) is 0 Å². The molecule has 0 radical (unpaired) electrons. The summed E-state index contributed by atoms with van der Waals surface area (Å²) in [7, 11) is -3.82. The number of sulfonamides is 1. The quantitative estimate of drug-likeness (QED) is 0.552. The van der Waals surface area contributed by atoms with E-state index >= 15 is 0 Å². The van der Waals surface area contributed by atoms with Crippen LogP contribution in [0.5, 0.6) is 0 Å². The highest BCUT2D eigenvalue weighted by atomic mass is 32.2. The van der Waals surface area contributed by atoms with E-state index in [0.717, 1.165) is 22.4 Å². The fourth-order valence-corrected chi connectivity index (χ4v) is 4.35. The molecule has 0 atom stereocenters. The van der Waals surface area contributed by atoms with Gasteiger partial charge in [0.1, 0.15) is 0 Å². The van der Waals surface area contributed by atoms with Crippen LogP contribution in [0.1, 0.15) is 46.8 Å². The molecule has 0 aliphatic heterocycles. The Morgan fingerprint density at radius 1 is 0.900 bits per heavy atom. The molecule has 156 valence electrons. The van der Waals surface area contributed by atoms with Gasteiger partial charge in [0, 0.05) is 16.9 Å². The molecule has 30 heavy (non-hydrogen) atoms. The smallest absolute Gasteiger partial charge is 0.261 e. The van der Waals surface area contributed by atoms with Gasteiger partial charge in [-0.15, -0.1) is 0 Å². The van der Waals surface area contributed by atoms with E-state index < -0.39 is 10.0 Å². The molecule has 0 spiro atoms. The third-order valence-corrected chi connectivity index (χ3v) is 6.22. The zero-order valence-electron chi connectivity index (χ0n) is 17.6. The predicted octanol–water partition coefficient (Wildman–Crippen LogP) is 5.48. The van der Waals surface area contributed by atoms with Crippen LogP contribution in [-0.4, -0.2) is 14.3 Å². The Hall–Kier alpha value is -3.12. The van der Waals surface area contributed by atoms with Crippen molar-refractivity contribution in [3.8, 4) is 0 Å². The fraction of sp³-hybridized carbons (Fsp3) is 0.208. The number of amides is 1. The van der Waals surface area contributed by atoms with E-state index in [4.69, 9.17) is 0 Å². The number of hydrogen-bond donors (Lipinski definition) is 2. The van der Waals surface area contributed by atoms with Gasteiger partial charge < -0.3 is 5.32 Å². The van der Waals surface area contributed by atoms with Crippen LogP contribution in [0.3, 0.4) is 0 Å². The molecule has 5 nitrogen and oxygen atoms in total. The molecule has 0 bridgehead atoms. The molecule has 0 saturated heterocycles. The van der Waals surface area contributed by atoms with Crippen molar-refractivity contribution in [2.24, 2.45) is 0 Å². The summed E-state index contributed by atoms with van der Waals surface area (Å²) in [5, 5.41) is 2.96. The van der Waals surface area contributed by atoms with E-state index in [2.05, 4.69) is 23.9 Å². The highest BCUT2D eigenvalue weighted by Crippen LogP contribution is 2.28. The number of aryl methyl sites for hydroxylation is 2. The highest BCUT2D eigenvalue weighted by molar-refractivity contribution is 7.92. The molecule has 0 aliphatic rings. The number of benzene rings is 3. The number of anilines is 2. The summed E-state index contributed by atoms with van der Waals surface area (Å²) < 4.78 is 28.2. The second kappa shape index (κ2) is 8.71. The van der Waals surface area contributed by atoms with E-state index in [-0.39, 0.29) is 22.3 Å². The van der Waals surface area contributed by atoms with Gasteiger partial charge in [-0.25, -0.2) is 8.42 Å². The maximum Gasteiger partial charge on any atom is 0.261 e. The average Bonchev–Trinajstić information content (AvgIpc) is 2.69. The first-order valence-electron chi connectivity index (χ1n) is 9.78. The first-order valence-corrected chi connectivity index (χ1v) is 11.3. The van der Waals surface area contributed by atoms with Gasteiger partial charge in [-0.3, -0.25) is 9.52 Å². The normalized spacial score (nSPS) is 11.4. The molecule has 0 aliphatic carbocycles. The summed E-state index contributed by atoms with van der Waals surface area (Å²) in [6, 6.07) is 19.0.